The van der Waals surface area contributed by atoms with Crippen LogP contribution in [0.25, 0.3) is 0 Å². The Labute approximate surface area is 171 Å². The van der Waals surface area contributed by atoms with E-state index in [0.717, 1.165) is 11.3 Å². The van der Waals surface area contributed by atoms with Crippen molar-refractivity contribution in [1.82, 2.24) is 14.7 Å². The molecular weight excluding hydrogens is 370 g/mol. The molecule has 7 nitrogen and oxygen atoms in total. The number of benzene rings is 1. The summed E-state index contributed by atoms with van der Waals surface area (Å²) in [6.07, 6.45) is 1.09. The van der Waals surface area contributed by atoms with E-state index in [2.05, 4.69) is 24.8 Å². The maximum atomic E-state index is 13.2. The quantitative estimate of drug-likeness (QED) is 0.770. The van der Waals surface area contributed by atoms with E-state index in [1.54, 1.807) is 0 Å². The van der Waals surface area contributed by atoms with E-state index in [9.17, 15) is 9.59 Å². The smallest absolute Gasteiger partial charge is 0.237 e. The van der Waals surface area contributed by atoms with Gasteiger partial charge in [0.2, 0.25) is 11.8 Å². The summed E-state index contributed by atoms with van der Waals surface area (Å²) in [6.45, 7) is 7.80. The molecule has 0 aromatic heterocycles. The standard InChI is InChI=1S/C22H29N3O4/c1-15(2)17-14-29-22-7-8-24(19(22)11-20(26)25(17)22)21(27)13-23-9-10-28-18-6-4-3-5-16(18)12-23/h3-6,15,17,19H,7-14H2,1-2H3/t17-,19+,22-/m0/s1. The van der Waals surface area contributed by atoms with E-state index >= 15 is 0 Å². The summed E-state index contributed by atoms with van der Waals surface area (Å²) in [4.78, 5) is 32.1. The molecule has 3 fully saturated rings. The Hall–Kier alpha value is -2.12. The van der Waals surface area contributed by atoms with E-state index in [1.165, 1.54) is 0 Å². The highest BCUT2D eigenvalue weighted by molar-refractivity contribution is 5.85. The number of hydrogen-bond acceptors (Lipinski definition) is 5. The van der Waals surface area contributed by atoms with Gasteiger partial charge in [-0.1, -0.05) is 32.0 Å². The SMILES string of the molecule is CC(C)[C@@H]1CO[C@@]23CCN(C(=O)CN4CCOc5ccccc5C4)[C@@H]2CC(=O)N13. The Morgan fingerprint density at radius 1 is 1.28 bits per heavy atom. The van der Waals surface area contributed by atoms with Crippen LogP contribution in [0.4, 0.5) is 0 Å². The molecule has 1 spiro atoms. The van der Waals surface area contributed by atoms with Gasteiger partial charge in [-0.3, -0.25) is 14.5 Å². The maximum Gasteiger partial charge on any atom is 0.237 e. The van der Waals surface area contributed by atoms with Gasteiger partial charge in [0.15, 0.2) is 5.72 Å². The van der Waals surface area contributed by atoms with Gasteiger partial charge in [0.1, 0.15) is 12.4 Å². The molecular formula is C22H29N3O4. The van der Waals surface area contributed by atoms with E-state index < -0.39 is 5.72 Å². The number of likely N-dealkylation sites (tertiary alicyclic amines) is 1. The second-order valence-corrected chi connectivity index (χ2v) is 8.95. The van der Waals surface area contributed by atoms with Crippen LogP contribution >= 0.6 is 0 Å². The van der Waals surface area contributed by atoms with E-state index in [1.807, 2.05) is 28.0 Å². The summed E-state index contributed by atoms with van der Waals surface area (Å²) in [5.41, 5.74) is 0.507. The third kappa shape index (κ3) is 2.94. The average molecular weight is 399 g/mol. The molecule has 4 heterocycles. The zero-order valence-corrected chi connectivity index (χ0v) is 17.2. The normalized spacial score (nSPS) is 31.5. The molecule has 4 aliphatic rings. The van der Waals surface area contributed by atoms with Crippen molar-refractivity contribution in [2.24, 2.45) is 5.92 Å². The molecule has 3 atom stereocenters. The fraction of sp³-hybridized carbons (Fsp3) is 0.636. The maximum absolute atomic E-state index is 13.2. The second-order valence-electron chi connectivity index (χ2n) is 8.95. The summed E-state index contributed by atoms with van der Waals surface area (Å²) in [5, 5.41) is 0. The first-order valence-corrected chi connectivity index (χ1v) is 10.7. The summed E-state index contributed by atoms with van der Waals surface area (Å²) < 4.78 is 12.1. The molecule has 2 amide bonds. The van der Waals surface area contributed by atoms with Gasteiger partial charge >= 0.3 is 0 Å². The van der Waals surface area contributed by atoms with Crippen LogP contribution in [-0.2, 0) is 20.9 Å². The number of amides is 2. The predicted octanol–water partition coefficient (Wildman–Crippen LogP) is 1.47. The number of para-hydroxylation sites is 1. The molecule has 0 unspecified atom stereocenters. The molecule has 29 heavy (non-hydrogen) atoms. The number of rotatable bonds is 3. The molecule has 156 valence electrons. The van der Waals surface area contributed by atoms with Gasteiger partial charge in [-0.25, -0.2) is 0 Å². The molecule has 0 N–H and O–H groups in total. The van der Waals surface area contributed by atoms with Crippen molar-refractivity contribution in [3.63, 3.8) is 0 Å². The zero-order valence-electron chi connectivity index (χ0n) is 17.2. The number of carbonyl (C=O) groups is 2. The van der Waals surface area contributed by atoms with Crippen molar-refractivity contribution < 1.29 is 19.1 Å². The molecule has 5 rings (SSSR count). The van der Waals surface area contributed by atoms with Gasteiger partial charge in [-0.05, 0) is 12.0 Å². The van der Waals surface area contributed by atoms with Crippen molar-refractivity contribution in [2.45, 2.75) is 51.0 Å². The molecule has 0 bridgehead atoms. The van der Waals surface area contributed by atoms with Crippen LogP contribution in [0, 0.1) is 5.92 Å². The Morgan fingerprint density at radius 2 is 2.10 bits per heavy atom. The lowest BCUT2D eigenvalue weighted by molar-refractivity contribution is -0.142. The summed E-state index contributed by atoms with van der Waals surface area (Å²) in [7, 11) is 0. The highest BCUT2D eigenvalue weighted by Gasteiger charge is 2.65. The lowest BCUT2D eigenvalue weighted by Gasteiger charge is -2.34. The molecule has 0 radical (unpaired) electrons. The topological polar surface area (TPSA) is 62.3 Å². The Morgan fingerprint density at radius 3 is 2.93 bits per heavy atom. The minimum Gasteiger partial charge on any atom is -0.492 e. The Bertz CT molecular complexity index is 828. The number of ether oxygens (including phenoxy) is 2. The minimum atomic E-state index is -0.601. The Kier molecular flexibility index (Phi) is 4.55. The van der Waals surface area contributed by atoms with Gasteiger partial charge in [-0.2, -0.15) is 0 Å². The number of carbonyl (C=O) groups excluding carboxylic acids is 2. The van der Waals surface area contributed by atoms with E-state index in [-0.39, 0.29) is 23.9 Å². The molecule has 4 aliphatic heterocycles. The van der Waals surface area contributed by atoms with Crippen LogP contribution < -0.4 is 4.74 Å². The molecule has 0 saturated carbocycles. The highest BCUT2D eigenvalue weighted by atomic mass is 16.5. The number of fused-ring (bicyclic) bond motifs is 1. The van der Waals surface area contributed by atoms with Crippen molar-refractivity contribution in [1.29, 1.82) is 0 Å². The first kappa shape index (κ1) is 18.9. The molecule has 1 aromatic rings. The molecule has 1 aromatic carbocycles. The van der Waals surface area contributed by atoms with Crippen LogP contribution in [0.15, 0.2) is 24.3 Å². The van der Waals surface area contributed by atoms with Crippen molar-refractivity contribution >= 4 is 11.8 Å². The Balaban J connectivity index is 1.30. The number of nitrogens with zero attached hydrogens (tertiary/aromatic N) is 3. The monoisotopic (exact) mass is 399 g/mol. The van der Waals surface area contributed by atoms with Crippen LogP contribution in [-0.4, -0.2) is 77.2 Å². The minimum absolute atomic E-state index is 0.0810. The lowest BCUT2D eigenvalue weighted by Crippen LogP contribution is -2.52. The van der Waals surface area contributed by atoms with Crippen LogP contribution in [0.1, 0.15) is 32.3 Å². The fourth-order valence-electron chi connectivity index (χ4n) is 5.47. The van der Waals surface area contributed by atoms with E-state index in [4.69, 9.17) is 9.47 Å². The van der Waals surface area contributed by atoms with Crippen LogP contribution in [0.2, 0.25) is 0 Å². The third-order valence-corrected chi connectivity index (χ3v) is 6.97. The third-order valence-electron chi connectivity index (χ3n) is 6.97. The van der Waals surface area contributed by atoms with Gasteiger partial charge in [0.05, 0.1) is 31.7 Å². The molecule has 7 heteroatoms. The molecule has 0 aliphatic carbocycles. The fourth-order valence-corrected chi connectivity index (χ4v) is 5.47. The predicted molar refractivity (Wildman–Crippen MR) is 106 cm³/mol. The van der Waals surface area contributed by atoms with Crippen LogP contribution in [0.5, 0.6) is 5.75 Å². The second kappa shape index (κ2) is 6.99. The lowest BCUT2D eigenvalue weighted by atomic mass is 10.0. The van der Waals surface area contributed by atoms with Crippen molar-refractivity contribution in [3.8, 4) is 5.75 Å². The van der Waals surface area contributed by atoms with Gasteiger partial charge in [0, 0.05) is 31.6 Å². The van der Waals surface area contributed by atoms with E-state index in [0.29, 0.717) is 58.2 Å². The average Bonchev–Trinajstić information content (AvgIpc) is 3.26. The summed E-state index contributed by atoms with van der Waals surface area (Å²) >= 11 is 0. The van der Waals surface area contributed by atoms with Crippen molar-refractivity contribution in [3.05, 3.63) is 29.8 Å². The van der Waals surface area contributed by atoms with Crippen LogP contribution in [0.3, 0.4) is 0 Å². The first-order valence-electron chi connectivity index (χ1n) is 10.7. The largest absolute Gasteiger partial charge is 0.492 e. The number of hydrogen-bond donors (Lipinski definition) is 0. The van der Waals surface area contributed by atoms with Gasteiger partial charge in [-0.15, -0.1) is 0 Å². The summed E-state index contributed by atoms with van der Waals surface area (Å²) in [5.74, 6) is 1.45. The summed E-state index contributed by atoms with van der Waals surface area (Å²) in [6, 6.07) is 7.95. The zero-order chi connectivity index (χ0) is 20.2. The van der Waals surface area contributed by atoms with Gasteiger partial charge in [0.25, 0.3) is 0 Å². The highest BCUT2D eigenvalue weighted by Crippen LogP contribution is 2.48. The first-order chi connectivity index (χ1) is 14.0. The molecule has 3 saturated heterocycles. The van der Waals surface area contributed by atoms with Crippen molar-refractivity contribution in [2.75, 3.05) is 32.8 Å². The van der Waals surface area contributed by atoms with Gasteiger partial charge < -0.3 is 19.3 Å².